The zero-order valence-electron chi connectivity index (χ0n) is 15.0. The standard InChI is InChI=1S/C17H18ClN5O3S2/c1-28(24,25)13(19)10-3-2-4-11(9-10)15-20-12-14(23-5-7-26-8-6-23)21-17(18)22-16(12)27-15/h2-4,9,13H,5-8,19H2,1H3. The van der Waals surface area contributed by atoms with Gasteiger partial charge in [-0.3, -0.25) is 0 Å². The SMILES string of the molecule is CS(=O)(=O)C(N)c1cccc(-c2nc3c(N4CCOCC4)nc(Cl)nc3s2)c1. The predicted molar refractivity (Wildman–Crippen MR) is 110 cm³/mol. The van der Waals surface area contributed by atoms with E-state index in [1.165, 1.54) is 11.3 Å². The number of thiazole rings is 1. The third kappa shape index (κ3) is 3.83. The maximum Gasteiger partial charge on any atom is 0.225 e. The number of hydrogen-bond donors (Lipinski definition) is 1. The molecule has 28 heavy (non-hydrogen) atoms. The largest absolute Gasteiger partial charge is 0.378 e. The summed E-state index contributed by atoms with van der Waals surface area (Å²) in [5.41, 5.74) is 7.82. The molecule has 0 amide bonds. The molecule has 3 heterocycles. The van der Waals surface area contributed by atoms with E-state index in [1.807, 2.05) is 6.07 Å². The van der Waals surface area contributed by atoms with Crippen molar-refractivity contribution in [3.63, 3.8) is 0 Å². The van der Waals surface area contributed by atoms with Gasteiger partial charge in [-0.1, -0.05) is 29.5 Å². The molecule has 1 aliphatic heterocycles. The highest BCUT2D eigenvalue weighted by atomic mass is 35.5. The number of benzene rings is 1. The molecule has 4 rings (SSSR count). The first-order chi connectivity index (χ1) is 13.3. The summed E-state index contributed by atoms with van der Waals surface area (Å²) in [6, 6.07) is 7.06. The van der Waals surface area contributed by atoms with E-state index in [0.717, 1.165) is 11.8 Å². The minimum Gasteiger partial charge on any atom is -0.378 e. The van der Waals surface area contributed by atoms with Gasteiger partial charge in [-0.25, -0.2) is 18.4 Å². The molecule has 1 atom stereocenters. The summed E-state index contributed by atoms with van der Waals surface area (Å²) >= 11 is 7.51. The highest BCUT2D eigenvalue weighted by molar-refractivity contribution is 7.90. The molecule has 0 aliphatic carbocycles. The molecule has 0 bridgehead atoms. The van der Waals surface area contributed by atoms with Crippen molar-refractivity contribution in [1.82, 2.24) is 15.0 Å². The normalized spacial score (nSPS) is 16.5. The van der Waals surface area contributed by atoms with Crippen molar-refractivity contribution in [3.8, 4) is 10.6 Å². The average molecular weight is 440 g/mol. The van der Waals surface area contributed by atoms with Crippen molar-refractivity contribution in [1.29, 1.82) is 0 Å². The van der Waals surface area contributed by atoms with Gasteiger partial charge in [0.25, 0.3) is 0 Å². The molecule has 8 nitrogen and oxygen atoms in total. The van der Waals surface area contributed by atoms with Crippen LogP contribution in [0.25, 0.3) is 20.9 Å². The van der Waals surface area contributed by atoms with Crippen LogP contribution in [0.1, 0.15) is 10.9 Å². The van der Waals surface area contributed by atoms with Crippen molar-refractivity contribution < 1.29 is 13.2 Å². The van der Waals surface area contributed by atoms with Gasteiger partial charge in [0.05, 0.1) is 13.2 Å². The minimum absolute atomic E-state index is 0.164. The van der Waals surface area contributed by atoms with E-state index in [2.05, 4.69) is 14.9 Å². The summed E-state index contributed by atoms with van der Waals surface area (Å²) in [5, 5.41) is -0.222. The minimum atomic E-state index is -3.40. The average Bonchev–Trinajstić information content (AvgIpc) is 3.10. The summed E-state index contributed by atoms with van der Waals surface area (Å²) in [6.07, 6.45) is 1.12. The first-order valence-corrected chi connectivity index (χ1v) is 11.7. The lowest BCUT2D eigenvalue weighted by atomic mass is 10.1. The molecule has 11 heteroatoms. The van der Waals surface area contributed by atoms with Crippen LogP contribution in [-0.2, 0) is 14.6 Å². The number of rotatable bonds is 4. The van der Waals surface area contributed by atoms with Gasteiger partial charge in [-0.15, -0.1) is 0 Å². The smallest absolute Gasteiger partial charge is 0.225 e. The number of ether oxygens (including phenoxy) is 1. The maximum atomic E-state index is 11.8. The quantitative estimate of drug-likeness (QED) is 0.616. The number of halogens is 1. The van der Waals surface area contributed by atoms with Gasteiger partial charge in [0.2, 0.25) is 5.28 Å². The molecule has 2 aromatic heterocycles. The number of anilines is 1. The van der Waals surface area contributed by atoms with Gasteiger partial charge >= 0.3 is 0 Å². The van der Waals surface area contributed by atoms with Crippen LogP contribution in [0.2, 0.25) is 5.28 Å². The first-order valence-electron chi connectivity index (χ1n) is 8.54. The lowest BCUT2D eigenvalue weighted by molar-refractivity contribution is 0.122. The van der Waals surface area contributed by atoms with Crippen LogP contribution in [0.5, 0.6) is 0 Å². The van der Waals surface area contributed by atoms with E-state index < -0.39 is 15.2 Å². The third-order valence-corrected chi connectivity index (χ3v) is 6.81. The van der Waals surface area contributed by atoms with E-state index in [4.69, 9.17) is 27.1 Å². The zero-order valence-corrected chi connectivity index (χ0v) is 17.4. The van der Waals surface area contributed by atoms with E-state index in [9.17, 15) is 8.42 Å². The summed E-state index contributed by atoms with van der Waals surface area (Å²) in [5.74, 6) is 0.685. The summed E-state index contributed by atoms with van der Waals surface area (Å²) in [7, 11) is -3.40. The van der Waals surface area contributed by atoms with Gasteiger partial charge in [0, 0.05) is 24.9 Å². The fraction of sp³-hybridized carbons (Fsp3) is 0.353. The molecule has 1 aliphatic rings. The monoisotopic (exact) mass is 439 g/mol. The van der Waals surface area contributed by atoms with Crippen molar-refractivity contribution >= 4 is 48.9 Å². The molecular formula is C17H18ClN5O3S2. The Hall–Kier alpha value is -1.85. The molecule has 0 radical (unpaired) electrons. The lowest BCUT2D eigenvalue weighted by Gasteiger charge is -2.27. The molecule has 2 N–H and O–H groups in total. The summed E-state index contributed by atoms with van der Waals surface area (Å²) < 4.78 is 29.0. The summed E-state index contributed by atoms with van der Waals surface area (Å²) in [4.78, 5) is 16.2. The Morgan fingerprint density at radius 3 is 2.71 bits per heavy atom. The van der Waals surface area contributed by atoms with Crippen molar-refractivity contribution in [3.05, 3.63) is 35.1 Å². The number of nitrogens with zero attached hydrogens (tertiary/aromatic N) is 4. The number of hydrogen-bond acceptors (Lipinski definition) is 9. The Morgan fingerprint density at radius 1 is 1.25 bits per heavy atom. The molecule has 0 spiro atoms. The molecule has 1 fully saturated rings. The number of sulfone groups is 1. The van der Waals surface area contributed by atoms with Gasteiger partial charge in [-0.05, 0) is 23.2 Å². The molecule has 148 valence electrons. The predicted octanol–water partition coefficient (Wildman–Crippen LogP) is 2.25. The Balaban J connectivity index is 1.78. The second-order valence-electron chi connectivity index (χ2n) is 6.46. The molecular weight excluding hydrogens is 422 g/mol. The number of aromatic nitrogens is 3. The fourth-order valence-electron chi connectivity index (χ4n) is 3.00. The van der Waals surface area contributed by atoms with E-state index in [1.54, 1.807) is 18.2 Å². The van der Waals surface area contributed by atoms with Gasteiger partial charge < -0.3 is 15.4 Å². The topological polar surface area (TPSA) is 111 Å². The Labute approximate surface area is 171 Å². The highest BCUT2D eigenvalue weighted by Crippen LogP contribution is 2.35. The van der Waals surface area contributed by atoms with Crippen LogP contribution >= 0.6 is 22.9 Å². The second-order valence-corrected chi connectivity index (χ2v) is 9.95. The number of morpholine rings is 1. The molecule has 0 saturated carbocycles. The van der Waals surface area contributed by atoms with Crippen LogP contribution in [0.15, 0.2) is 24.3 Å². The Bertz CT molecular complexity index is 1130. The summed E-state index contributed by atoms with van der Waals surface area (Å²) in [6.45, 7) is 2.64. The van der Waals surface area contributed by atoms with Crippen molar-refractivity contribution in [2.45, 2.75) is 5.37 Å². The van der Waals surface area contributed by atoms with Gasteiger partial charge in [0.15, 0.2) is 20.5 Å². The lowest BCUT2D eigenvalue weighted by Crippen LogP contribution is -2.37. The Morgan fingerprint density at radius 2 is 2.00 bits per heavy atom. The second kappa shape index (κ2) is 7.53. The third-order valence-electron chi connectivity index (χ3n) is 4.45. The van der Waals surface area contributed by atoms with Crippen LogP contribution in [0.3, 0.4) is 0 Å². The fourth-order valence-corrected chi connectivity index (χ4v) is 4.78. The highest BCUT2D eigenvalue weighted by Gasteiger charge is 2.22. The van der Waals surface area contributed by atoms with Crippen LogP contribution in [0.4, 0.5) is 5.82 Å². The van der Waals surface area contributed by atoms with Gasteiger partial charge in [0.1, 0.15) is 15.9 Å². The van der Waals surface area contributed by atoms with E-state index in [-0.39, 0.29) is 5.28 Å². The Kier molecular flexibility index (Phi) is 5.23. The van der Waals surface area contributed by atoms with Gasteiger partial charge in [-0.2, -0.15) is 4.98 Å². The van der Waals surface area contributed by atoms with Crippen LogP contribution in [-0.4, -0.2) is 55.9 Å². The molecule has 1 saturated heterocycles. The van der Waals surface area contributed by atoms with Crippen LogP contribution < -0.4 is 10.6 Å². The first kappa shape index (κ1) is 19.5. The molecule has 1 unspecified atom stereocenters. The van der Waals surface area contributed by atoms with E-state index in [0.29, 0.717) is 53.0 Å². The molecule has 3 aromatic rings. The maximum absolute atomic E-state index is 11.8. The molecule has 1 aromatic carbocycles. The van der Waals surface area contributed by atoms with Crippen molar-refractivity contribution in [2.24, 2.45) is 5.73 Å². The van der Waals surface area contributed by atoms with E-state index >= 15 is 0 Å². The number of nitrogens with two attached hydrogens (primary N) is 1. The van der Waals surface area contributed by atoms with Crippen LogP contribution in [0, 0.1) is 0 Å². The van der Waals surface area contributed by atoms with Crippen molar-refractivity contribution in [2.75, 3.05) is 37.5 Å². The number of fused-ring (bicyclic) bond motifs is 1. The zero-order chi connectivity index (χ0) is 19.9.